The maximum atomic E-state index is 9.91. The molecule has 1 rings (SSSR count). The molecule has 0 atom stereocenters. The van der Waals surface area contributed by atoms with Crippen molar-refractivity contribution in [2.75, 3.05) is 13.2 Å². The second kappa shape index (κ2) is 11.1. The number of carbonyl (C=O) groups is 1. The van der Waals surface area contributed by atoms with Gasteiger partial charge in [0, 0.05) is 0 Å². The van der Waals surface area contributed by atoms with Gasteiger partial charge in [-0.3, -0.25) is 0 Å². The topological polar surface area (TPSA) is 38.3 Å². The number of ether oxygens (including phenoxy) is 1. The van der Waals surface area contributed by atoms with Crippen molar-refractivity contribution in [1.82, 2.24) is 5.32 Å². The predicted octanol–water partition coefficient (Wildman–Crippen LogP) is 1.78. The zero-order valence-electron chi connectivity index (χ0n) is 7.23. The minimum atomic E-state index is -0.296. The van der Waals surface area contributed by atoms with Gasteiger partial charge in [-0.15, -0.1) is 0 Å². The molecule has 62 valence electrons. The lowest BCUT2D eigenvalue weighted by Crippen LogP contribution is -2.11. The fourth-order valence-corrected chi connectivity index (χ4v) is 0.348. The van der Waals surface area contributed by atoms with E-state index in [1.54, 1.807) is 0 Å². The molecule has 0 unspecified atom stereocenters. The summed E-state index contributed by atoms with van der Waals surface area (Å²) in [4.78, 5) is 9.91. The van der Waals surface area contributed by atoms with Gasteiger partial charge < -0.3 is 10.1 Å². The minimum Gasteiger partial charge on any atom is -0.448 e. The fraction of sp³-hybridized carbons (Fsp3) is 0.857. The first-order valence-electron chi connectivity index (χ1n) is 3.80. The minimum absolute atomic E-state index is 0.296. The summed E-state index contributed by atoms with van der Waals surface area (Å²) in [5.41, 5.74) is 0. The van der Waals surface area contributed by atoms with E-state index in [2.05, 4.69) is 10.1 Å². The maximum absolute atomic E-state index is 9.91. The van der Waals surface area contributed by atoms with Crippen molar-refractivity contribution < 1.29 is 9.53 Å². The van der Waals surface area contributed by atoms with Crippen LogP contribution < -0.4 is 5.32 Å². The Morgan fingerprint density at radius 1 is 1.30 bits per heavy atom. The summed E-state index contributed by atoms with van der Waals surface area (Å²) in [7, 11) is 0. The van der Waals surface area contributed by atoms with Gasteiger partial charge in [0.15, 0.2) is 0 Å². The van der Waals surface area contributed by atoms with E-state index in [4.69, 9.17) is 0 Å². The van der Waals surface area contributed by atoms with E-state index in [-0.39, 0.29) is 6.09 Å². The summed E-state index contributed by atoms with van der Waals surface area (Å²) in [5.74, 6) is 0. The lowest BCUT2D eigenvalue weighted by molar-refractivity contribution is 0.178. The third kappa shape index (κ3) is 7.27. The SMILES string of the molecule is CC.CC.O=C1NCCO1. The van der Waals surface area contributed by atoms with Crippen LogP contribution in [0, 0.1) is 0 Å². The lowest BCUT2D eigenvalue weighted by Gasteiger charge is -1.80. The van der Waals surface area contributed by atoms with Gasteiger partial charge in [0.1, 0.15) is 6.61 Å². The van der Waals surface area contributed by atoms with Gasteiger partial charge in [-0.05, 0) is 0 Å². The van der Waals surface area contributed by atoms with Gasteiger partial charge in [-0.25, -0.2) is 4.79 Å². The molecule has 1 fully saturated rings. The van der Waals surface area contributed by atoms with Crippen molar-refractivity contribution in [1.29, 1.82) is 0 Å². The first kappa shape index (κ1) is 12.0. The summed E-state index contributed by atoms with van der Waals surface area (Å²) in [6, 6.07) is 0. The summed E-state index contributed by atoms with van der Waals surface area (Å²) >= 11 is 0. The quantitative estimate of drug-likeness (QED) is 0.567. The molecule has 0 aromatic heterocycles. The van der Waals surface area contributed by atoms with E-state index >= 15 is 0 Å². The lowest BCUT2D eigenvalue weighted by atomic mass is 10.7. The van der Waals surface area contributed by atoms with E-state index in [0.717, 1.165) is 0 Å². The van der Waals surface area contributed by atoms with Crippen LogP contribution in [0.25, 0.3) is 0 Å². The number of nitrogens with one attached hydrogen (secondary N) is 1. The first-order valence-corrected chi connectivity index (χ1v) is 3.80. The molecular weight excluding hydrogens is 130 g/mol. The number of amides is 1. The van der Waals surface area contributed by atoms with E-state index in [0.29, 0.717) is 13.2 Å². The Kier molecular flexibility index (Phi) is 13.3. The number of alkyl carbamates (subject to hydrolysis) is 1. The molecule has 1 N–H and O–H groups in total. The van der Waals surface area contributed by atoms with E-state index in [1.165, 1.54) is 0 Å². The van der Waals surface area contributed by atoms with E-state index in [1.807, 2.05) is 27.7 Å². The molecular formula is C7H17NO2. The standard InChI is InChI=1S/C3H5NO2.2C2H6/c5-3-4-1-2-6-3;2*1-2/h1-2H2,(H,4,5);2*1-2H3. The highest BCUT2D eigenvalue weighted by atomic mass is 16.6. The predicted molar refractivity (Wildman–Crippen MR) is 42.0 cm³/mol. The van der Waals surface area contributed by atoms with Gasteiger partial charge in [0.25, 0.3) is 0 Å². The molecule has 10 heavy (non-hydrogen) atoms. The first-order chi connectivity index (χ1) is 4.89. The fourth-order valence-electron chi connectivity index (χ4n) is 0.348. The van der Waals surface area contributed by atoms with Crippen LogP contribution in [-0.2, 0) is 4.74 Å². The molecule has 3 nitrogen and oxygen atoms in total. The normalized spacial score (nSPS) is 13.0. The average molecular weight is 147 g/mol. The Hall–Kier alpha value is -0.730. The largest absolute Gasteiger partial charge is 0.448 e. The molecule has 0 saturated carbocycles. The molecule has 1 aliphatic rings. The van der Waals surface area contributed by atoms with Gasteiger partial charge >= 0.3 is 6.09 Å². The van der Waals surface area contributed by atoms with Crippen LogP contribution in [0.15, 0.2) is 0 Å². The summed E-state index contributed by atoms with van der Waals surface area (Å²) in [6.45, 7) is 9.19. The van der Waals surface area contributed by atoms with E-state index < -0.39 is 0 Å². The van der Waals surface area contributed by atoms with Crippen LogP contribution in [0.3, 0.4) is 0 Å². The average Bonchev–Trinajstić information content (AvgIpc) is 2.48. The second-order valence-corrected chi connectivity index (χ2v) is 1.06. The molecule has 0 aromatic rings. The van der Waals surface area contributed by atoms with Crippen LogP contribution in [0.1, 0.15) is 27.7 Å². The van der Waals surface area contributed by atoms with Gasteiger partial charge in [-0.1, -0.05) is 27.7 Å². The number of rotatable bonds is 0. The Labute approximate surface area is 62.8 Å². The highest BCUT2D eigenvalue weighted by molar-refractivity contribution is 5.68. The zero-order valence-corrected chi connectivity index (χ0v) is 7.23. The monoisotopic (exact) mass is 147 g/mol. The molecule has 0 radical (unpaired) electrons. The van der Waals surface area contributed by atoms with Gasteiger partial charge in [0.2, 0.25) is 0 Å². The zero-order chi connectivity index (χ0) is 8.41. The molecule has 1 saturated heterocycles. The number of hydrogen-bond acceptors (Lipinski definition) is 2. The van der Waals surface area contributed by atoms with Gasteiger partial charge in [-0.2, -0.15) is 0 Å². The molecule has 0 aromatic carbocycles. The third-order valence-electron chi connectivity index (χ3n) is 0.605. The van der Waals surface area contributed by atoms with Crippen LogP contribution in [-0.4, -0.2) is 19.2 Å². The molecule has 1 aliphatic heterocycles. The van der Waals surface area contributed by atoms with Crippen molar-refractivity contribution >= 4 is 6.09 Å². The Bertz CT molecular complexity index is 66.0. The second-order valence-electron chi connectivity index (χ2n) is 1.06. The summed E-state index contributed by atoms with van der Waals surface area (Å²) in [5, 5.41) is 2.46. The molecule has 0 aliphatic carbocycles. The van der Waals surface area contributed by atoms with Crippen LogP contribution in [0.2, 0.25) is 0 Å². The third-order valence-corrected chi connectivity index (χ3v) is 0.605. The Balaban J connectivity index is 0. The molecule has 1 amide bonds. The molecule has 0 spiro atoms. The smallest absolute Gasteiger partial charge is 0.407 e. The van der Waals surface area contributed by atoms with Crippen LogP contribution in [0.4, 0.5) is 4.79 Å². The number of carbonyl (C=O) groups excluding carboxylic acids is 1. The van der Waals surface area contributed by atoms with Crippen LogP contribution >= 0.6 is 0 Å². The maximum Gasteiger partial charge on any atom is 0.407 e. The number of cyclic esters (lactones) is 1. The highest BCUT2D eigenvalue weighted by Crippen LogP contribution is 1.82. The summed E-state index contributed by atoms with van der Waals surface area (Å²) in [6.07, 6.45) is -0.296. The van der Waals surface area contributed by atoms with Crippen molar-refractivity contribution in [2.24, 2.45) is 0 Å². The summed E-state index contributed by atoms with van der Waals surface area (Å²) < 4.78 is 4.40. The van der Waals surface area contributed by atoms with Crippen molar-refractivity contribution in [3.8, 4) is 0 Å². The Morgan fingerprint density at radius 3 is 1.90 bits per heavy atom. The number of hydrogen-bond donors (Lipinski definition) is 1. The van der Waals surface area contributed by atoms with Gasteiger partial charge in [0.05, 0.1) is 6.54 Å². The Morgan fingerprint density at radius 2 is 1.80 bits per heavy atom. The highest BCUT2D eigenvalue weighted by Gasteiger charge is 2.06. The van der Waals surface area contributed by atoms with Crippen LogP contribution in [0.5, 0.6) is 0 Å². The van der Waals surface area contributed by atoms with Crippen molar-refractivity contribution in [3.63, 3.8) is 0 Å². The molecule has 0 bridgehead atoms. The van der Waals surface area contributed by atoms with Crippen molar-refractivity contribution in [2.45, 2.75) is 27.7 Å². The molecule has 3 heteroatoms. The van der Waals surface area contributed by atoms with Crippen molar-refractivity contribution in [3.05, 3.63) is 0 Å². The molecule has 1 heterocycles. The van der Waals surface area contributed by atoms with E-state index in [9.17, 15) is 4.79 Å².